The predicted molar refractivity (Wildman–Crippen MR) is 94.2 cm³/mol. The molecule has 0 radical (unpaired) electrons. The maximum Gasteiger partial charge on any atom is 0.413 e. The lowest BCUT2D eigenvalue weighted by molar-refractivity contribution is -0.0642. The third-order valence-corrected chi connectivity index (χ3v) is 4.93. The van der Waals surface area contributed by atoms with Crippen molar-refractivity contribution < 1.29 is 23.0 Å². The molecule has 0 spiro atoms. The highest BCUT2D eigenvalue weighted by Gasteiger charge is 2.36. The molecule has 1 N–H and O–H groups in total. The van der Waals surface area contributed by atoms with Gasteiger partial charge in [0.2, 0.25) is 5.92 Å². The molecule has 1 aliphatic heterocycles. The van der Waals surface area contributed by atoms with Crippen molar-refractivity contribution in [1.29, 1.82) is 0 Å². The molecule has 26 heavy (non-hydrogen) atoms. The molecular formula is C16H22F2N4O3S. The van der Waals surface area contributed by atoms with Gasteiger partial charge in [0.05, 0.1) is 13.2 Å². The molecule has 2 fully saturated rings. The van der Waals surface area contributed by atoms with Crippen LogP contribution in [0.25, 0.3) is 0 Å². The molecule has 1 amide bonds. The zero-order valence-electron chi connectivity index (χ0n) is 14.5. The number of anilines is 2. The van der Waals surface area contributed by atoms with E-state index in [0.29, 0.717) is 43.1 Å². The molecule has 0 bridgehead atoms. The number of alkyl halides is 2. The molecule has 144 valence electrons. The van der Waals surface area contributed by atoms with E-state index in [4.69, 9.17) is 9.47 Å². The number of amides is 1. The van der Waals surface area contributed by atoms with E-state index in [0.717, 1.165) is 0 Å². The number of aromatic nitrogens is 2. The third-order valence-electron chi connectivity index (χ3n) is 4.38. The van der Waals surface area contributed by atoms with Crippen LogP contribution in [0.3, 0.4) is 0 Å². The average molecular weight is 388 g/mol. The first-order valence-electron chi connectivity index (χ1n) is 8.56. The Bertz CT molecular complexity index is 634. The maximum atomic E-state index is 13.2. The van der Waals surface area contributed by atoms with Gasteiger partial charge in [0.15, 0.2) is 5.16 Å². The number of carbonyl (C=O) groups excluding carboxylic acids is 1. The summed E-state index contributed by atoms with van der Waals surface area (Å²) in [4.78, 5) is 22.9. The van der Waals surface area contributed by atoms with Crippen molar-refractivity contribution in [3.63, 3.8) is 0 Å². The van der Waals surface area contributed by atoms with Crippen LogP contribution < -0.4 is 10.2 Å². The first kappa shape index (κ1) is 19.1. The lowest BCUT2D eigenvalue weighted by atomic mass is 9.94. The highest BCUT2D eigenvalue weighted by Crippen LogP contribution is 2.34. The van der Waals surface area contributed by atoms with E-state index in [9.17, 15) is 13.6 Å². The molecule has 0 atom stereocenters. The topological polar surface area (TPSA) is 76.6 Å². The Balaban J connectivity index is 1.62. The molecule has 1 saturated carbocycles. The van der Waals surface area contributed by atoms with Crippen molar-refractivity contribution in [2.75, 3.05) is 42.8 Å². The number of rotatable bonds is 4. The van der Waals surface area contributed by atoms with Crippen molar-refractivity contribution in [3.05, 3.63) is 6.07 Å². The lowest BCUT2D eigenvalue weighted by Crippen LogP contribution is -2.37. The smallest absolute Gasteiger partial charge is 0.413 e. The summed E-state index contributed by atoms with van der Waals surface area (Å²) in [6, 6.07) is 1.68. The zero-order valence-corrected chi connectivity index (χ0v) is 15.4. The van der Waals surface area contributed by atoms with E-state index in [1.807, 2.05) is 6.26 Å². The minimum absolute atomic E-state index is 0.166. The Morgan fingerprint density at radius 1 is 1.35 bits per heavy atom. The van der Waals surface area contributed by atoms with E-state index in [-0.39, 0.29) is 25.7 Å². The summed E-state index contributed by atoms with van der Waals surface area (Å²) in [5.41, 5.74) is 0. The van der Waals surface area contributed by atoms with Crippen LogP contribution in [0, 0.1) is 0 Å². The van der Waals surface area contributed by atoms with Crippen LogP contribution in [0.15, 0.2) is 11.2 Å². The van der Waals surface area contributed by atoms with Gasteiger partial charge in [-0.25, -0.2) is 23.5 Å². The van der Waals surface area contributed by atoms with Crippen LogP contribution in [0.2, 0.25) is 0 Å². The highest BCUT2D eigenvalue weighted by molar-refractivity contribution is 7.98. The normalized spacial score (nSPS) is 20.7. The molecule has 1 saturated heterocycles. The SMILES string of the molecule is CSc1nc(NC(=O)OC2CCC(F)(F)CC2)cc(N2CCOCC2)n1. The molecule has 1 aliphatic carbocycles. The second kappa shape index (κ2) is 8.34. The lowest BCUT2D eigenvalue weighted by Gasteiger charge is -2.28. The number of hydrogen-bond donors (Lipinski definition) is 1. The average Bonchev–Trinajstić information content (AvgIpc) is 2.64. The summed E-state index contributed by atoms with van der Waals surface area (Å²) in [7, 11) is 0. The van der Waals surface area contributed by atoms with Crippen LogP contribution in [0.4, 0.5) is 25.2 Å². The number of halogens is 2. The van der Waals surface area contributed by atoms with Crippen LogP contribution in [0.5, 0.6) is 0 Å². The number of carbonyl (C=O) groups is 1. The van der Waals surface area contributed by atoms with Gasteiger partial charge >= 0.3 is 6.09 Å². The first-order valence-corrected chi connectivity index (χ1v) is 9.79. The molecule has 0 unspecified atom stereocenters. The zero-order chi connectivity index (χ0) is 18.6. The molecule has 10 heteroatoms. The van der Waals surface area contributed by atoms with Gasteiger partial charge in [0, 0.05) is 32.0 Å². The minimum Gasteiger partial charge on any atom is -0.446 e. The summed E-state index contributed by atoms with van der Waals surface area (Å²) in [6.45, 7) is 2.67. The molecule has 1 aromatic rings. The second-order valence-corrected chi connectivity index (χ2v) is 7.06. The van der Waals surface area contributed by atoms with Gasteiger partial charge in [-0.1, -0.05) is 11.8 Å². The van der Waals surface area contributed by atoms with Crippen LogP contribution in [-0.2, 0) is 9.47 Å². The second-order valence-electron chi connectivity index (χ2n) is 6.28. The van der Waals surface area contributed by atoms with Crippen molar-refractivity contribution in [1.82, 2.24) is 9.97 Å². The minimum atomic E-state index is -2.65. The molecule has 1 aromatic heterocycles. The van der Waals surface area contributed by atoms with E-state index in [2.05, 4.69) is 20.2 Å². The summed E-state index contributed by atoms with van der Waals surface area (Å²) in [5.74, 6) is -1.61. The van der Waals surface area contributed by atoms with Gasteiger partial charge in [0.25, 0.3) is 0 Å². The Morgan fingerprint density at radius 3 is 2.69 bits per heavy atom. The van der Waals surface area contributed by atoms with Gasteiger partial charge in [-0.05, 0) is 19.1 Å². The quantitative estimate of drug-likeness (QED) is 0.627. The fourth-order valence-corrected chi connectivity index (χ4v) is 3.31. The van der Waals surface area contributed by atoms with Gasteiger partial charge < -0.3 is 14.4 Å². The number of nitrogens with one attached hydrogen (secondary N) is 1. The first-order chi connectivity index (χ1) is 12.4. The summed E-state index contributed by atoms with van der Waals surface area (Å²) >= 11 is 1.37. The van der Waals surface area contributed by atoms with E-state index >= 15 is 0 Å². The van der Waals surface area contributed by atoms with Gasteiger partial charge in [-0.3, -0.25) is 5.32 Å². The third kappa shape index (κ3) is 5.16. The van der Waals surface area contributed by atoms with Crippen LogP contribution in [0.1, 0.15) is 25.7 Å². The summed E-state index contributed by atoms with van der Waals surface area (Å²) in [6.07, 6.45) is 0.502. The molecule has 3 rings (SSSR count). The van der Waals surface area contributed by atoms with Gasteiger partial charge in [-0.15, -0.1) is 0 Å². The Kier molecular flexibility index (Phi) is 6.13. The molecule has 7 nitrogen and oxygen atoms in total. The number of nitrogens with zero attached hydrogens (tertiary/aromatic N) is 3. The fraction of sp³-hybridized carbons (Fsp3) is 0.688. The van der Waals surface area contributed by atoms with Crippen molar-refractivity contribution in [2.24, 2.45) is 0 Å². The van der Waals surface area contributed by atoms with Crippen LogP contribution >= 0.6 is 11.8 Å². The van der Waals surface area contributed by atoms with E-state index in [1.54, 1.807) is 6.07 Å². The highest BCUT2D eigenvalue weighted by atomic mass is 32.2. The summed E-state index contributed by atoms with van der Waals surface area (Å²) < 4.78 is 37.0. The Hall–Kier alpha value is -1.68. The largest absolute Gasteiger partial charge is 0.446 e. The summed E-state index contributed by atoms with van der Waals surface area (Å²) in [5, 5.41) is 3.12. The number of morpholine rings is 1. The van der Waals surface area contributed by atoms with Crippen molar-refractivity contribution >= 4 is 29.5 Å². The van der Waals surface area contributed by atoms with Gasteiger partial charge in [-0.2, -0.15) is 0 Å². The fourth-order valence-electron chi connectivity index (χ4n) is 2.94. The predicted octanol–water partition coefficient (Wildman–Crippen LogP) is 3.16. The molecule has 2 heterocycles. The van der Waals surface area contributed by atoms with Crippen LogP contribution in [-0.4, -0.2) is 60.6 Å². The maximum absolute atomic E-state index is 13.2. The van der Waals surface area contributed by atoms with Crippen molar-refractivity contribution in [2.45, 2.75) is 42.9 Å². The standard InChI is InChI=1S/C16H22F2N4O3S/c1-26-14-19-12(10-13(21-14)22-6-8-24-9-7-22)20-15(23)25-11-2-4-16(17,18)5-3-11/h10-11H,2-9H2,1H3,(H,19,20,21,23). The molecular weight excluding hydrogens is 366 g/mol. The molecule has 0 aromatic carbocycles. The number of ether oxygens (including phenoxy) is 2. The monoisotopic (exact) mass is 388 g/mol. The Morgan fingerprint density at radius 2 is 2.04 bits per heavy atom. The number of hydrogen-bond acceptors (Lipinski definition) is 7. The Labute approximate surface area is 154 Å². The van der Waals surface area contributed by atoms with Crippen molar-refractivity contribution in [3.8, 4) is 0 Å². The van der Waals surface area contributed by atoms with E-state index in [1.165, 1.54) is 11.8 Å². The van der Waals surface area contributed by atoms with E-state index < -0.39 is 18.1 Å². The number of thioether (sulfide) groups is 1. The molecule has 2 aliphatic rings. The van der Waals surface area contributed by atoms with Gasteiger partial charge in [0.1, 0.15) is 17.7 Å².